The summed E-state index contributed by atoms with van der Waals surface area (Å²) in [6.07, 6.45) is 0. The minimum absolute atomic E-state index is 0.409. The third-order valence-corrected chi connectivity index (χ3v) is 3.70. The maximum Gasteiger partial charge on any atom is 0.206 e. The van der Waals surface area contributed by atoms with Gasteiger partial charge in [0.1, 0.15) is 5.01 Å². The highest BCUT2D eigenvalue weighted by molar-refractivity contribution is 7.18. The molecule has 0 bridgehead atoms. The van der Waals surface area contributed by atoms with Crippen molar-refractivity contribution in [1.82, 2.24) is 10.2 Å². The van der Waals surface area contributed by atoms with E-state index in [1.54, 1.807) is 11.3 Å². The van der Waals surface area contributed by atoms with E-state index in [0.717, 1.165) is 15.7 Å². The van der Waals surface area contributed by atoms with E-state index in [1.807, 2.05) is 18.2 Å². The Morgan fingerprint density at radius 3 is 2.41 bits per heavy atom. The van der Waals surface area contributed by atoms with Gasteiger partial charge in [0.2, 0.25) is 5.13 Å². The topological polar surface area (TPSA) is 37.8 Å². The molecule has 0 fully saturated rings. The lowest BCUT2D eigenvalue weighted by Gasteiger charge is -2.15. The van der Waals surface area contributed by atoms with Gasteiger partial charge in [-0.05, 0) is 12.8 Å². The van der Waals surface area contributed by atoms with Crippen LogP contribution >= 0.6 is 11.3 Å². The molecule has 0 amide bonds. The van der Waals surface area contributed by atoms with E-state index in [2.05, 4.69) is 48.4 Å². The third kappa shape index (κ3) is 3.03. The van der Waals surface area contributed by atoms with Crippen molar-refractivity contribution in [3.63, 3.8) is 0 Å². The molecule has 0 aliphatic carbocycles. The van der Waals surface area contributed by atoms with Crippen molar-refractivity contribution in [2.45, 2.75) is 26.8 Å². The van der Waals surface area contributed by atoms with E-state index in [-0.39, 0.29) is 0 Å². The number of nitrogens with one attached hydrogen (secondary N) is 1. The number of aromatic nitrogens is 2. The fourth-order valence-electron chi connectivity index (χ4n) is 1.34. The van der Waals surface area contributed by atoms with Gasteiger partial charge in [-0.25, -0.2) is 0 Å². The van der Waals surface area contributed by atoms with Crippen molar-refractivity contribution in [3.8, 4) is 10.6 Å². The number of benzene rings is 1. The Bertz CT molecular complexity index is 465. The Morgan fingerprint density at radius 1 is 1.06 bits per heavy atom. The highest BCUT2D eigenvalue weighted by atomic mass is 32.1. The van der Waals surface area contributed by atoms with Crippen molar-refractivity contribution in [2.75, 3.05) is 5.32 Å². The Morgan fingerprint density at radius 2 is 1.76 bits per heavy atom. The second-order valence-corrected chi connectivity index (χ2v) is 5.43. The highest BCUT2D eigenvalue weighted by Crippen LogP contribution is 2.26. The molecule has 4 heteroatoms. The van der Waals surface area contributed by atoms with Crippen LogP contribution in [-0.4, -0.2) is 16.2 Å². The molecule has 1 atom stereocenters. The number of hydrogen-bond donors (Lipinski definition) is 1. The maximum atomic E-state index is 4.20. The summed E-state index contributed by atoms with van der Waals surface area (Å²) in [6, 6.07) is 10.5. The molecule has 0 saturated carbocycles. The molecule has 2 aromatic rings. The Labute approximate surface area is 106 Å². The van der Waals surface area contributed by atoms with Crippen LogP contribution in [0, 0.1) is 5.92 Å². The molecule has 1 aromatic heterocycles. The van der Waals surface area contributed by atoms with Gasteiger partial charge in [0.25, 0.3) is 0 Å². The minimum Gasteiger partial charge on any atom is -0.357 e. The Balaban J connectivity index is 2.12. The predicted octanol–water partition coefficient (Wildman–Crippen LogP) is 3.66. The van der Waals surface area contributed by atoms with E-state index >= 15 is 0 Å². The largest absolute Gasteiger partial charge is 0.357 e. The number of hydrogen-bond acceptors (Lipinski definition) is 4. The van der Waals surface area contributed by atoms with Crippen LogP contribution in [0.3, 0.4) is 0 Å². The lowest BCUT2D eigenvalue weighted by Crippen LogP contribution is -2.21. The van der Waals surface area contributed by atoms with Gasteiger partial charge in [-0.2, -0.15) is 0 Å². The fourth-order valence-corrected chi connectivity index (χ4v) is 2.19. The summed E-state index contributed by atoms with van der Waals surface area (Å²) in [5.41, 5.74) is 1.12. The van der Waals surface area contributed by atoms with E-state index in [9.17, 15) is 0 Å². The van der Waals surface area contributed by atoms with Crippen LogP contribution in [0.2, 0.25) is 0 Å². The van der Waals surface area contributed by atoms with Gasteiger partial charge in [0.05, 0.1) is 0 Å². The van der Waals surface area contributed by atoms with Crippen LogP contribution in [0.1, 0.15) is 20.8 Å². The summed E-state index contributed by atoms with van der Waals surface area (Å²) in [4.78, 5) is 0. The summed E-state index contributed by atoms with van der Waals surface area (Å²) in [5, 5.41) is 13.6. The summed E-state index contributed by atoms with van der Waals surface area (Å²) < 4.78 is 0. The first-order valence-corrected chi connectivity index (χ1v) is 6.64. The minimum atomic E-state index is 0.409. The molecular formula is C13H17N3S. The number of rotatable bonds is 4. The van der Waals surface area contributed by atoms with Crippen LogP contribution in [-0.2, 0) is 0 Å². The first-order chi connectivity index (χ1) is 8.16. The van der Waals surface area contributed by atoms with Gasteiger partial charge in [0, 0.05) is 11.6 Å². The molecule has 0 aliphatic heterocycles. The summed E-state index contributed by atoms with van der Waals surface area (Å²) in [7, 11) is 0. The Hall–Kier alpha value is -1.42. The second-order valence-electron chi connectivity index (χ2n) is 4.46. The first kappa shape index (κ1) is 12.0. The normalized spacial score (nSPS) is 12.7. The van der Waals surface area contributed by atoms with Crippen LogP contribution in [0.15, 0.2) is 30.3 Å². The van der Waals surface area contributed by atoms with Gasteiger partial charge < -0.3 is 5.32 Å². The van der Waals surface area contributed by atoms with Gasteiger partial charge >= 0.3 is 0 Å². The molecule has 1 N–H and O–H groups in total. The molecule has 3 nitrogen and oxygen atoms in total. The van der Waals surface area contributed by atoms with E-state index < -0.39 is 0 Å². The van der Waals surface area contributed by atoms with Crippen molar-refractivity contribution < 1.29 is 0 Å². The van der Waals surface area contributed by atoms with Crippen molar-refractivity contribution in [3.05, 3.63) is 30.3 Å². The molecule has 0 radical (unpaired) electrons. The highest BCUT2D eigenvalue weighted by Gasteiger charge is 2.11. The lowest BCUT2D eigenvalue weighted by atomic mass is 10.1. The standard InChI is InChI=1S/C13H17N3S/c1-9(2)10(3)14-13-16-15-12(17-13)11-7-5-4-6-8-11/h4-10H,1-3H3,(H,14,16). The quantitative estimate of drug-likeness (QED) is 0.896. The van der Waals surface area contributed by atoms with Gasteiger partial charge in [-0.1, -0.05) is 55.5 Å². The zero-order chi connectivity index (χ0) is 12.3. The molecule has 1 heterocycles. The molecule has 17 heavy (non-hydrogen) atoms. The predicted molar refractivity (Wildman–Crippen MR) is 73.3 cm³/mol. The molecule has 90 valence electrons. The van der Waals surface area contributed by atoms with Crippen molar-refractivity contribution in [1.29, 1.82) is 0 Å². The molecule has 0 spiro atoms. The maximum absolute atomic E-state index is 4.20. The summed E-state index contributed by atoms with van der Waals surface area (Å²) in [5.74, 6) is 0.582. The zero-order valence-electron chi connectivity index (χ0n) is 10.3. The molecule has 0 saturated heterocycles. The lowest BCUT2D eigenvalue weighted by molar-refractivity contribution is 0.559. The molecule has 1 unspecified atom stereocenters. The van der Waals surface area contributed by atoms with Gasteiger partial charge in [0.15, 0.2) is 0 Å². The SMILES string of the molecule is CC(C)C(C)Nc1nnc(-c2ccccc2)s1. The summed E-state index contributed by atoms with van der Waals surface area (Å²) >= 11 is 1.60. The number of nitrogens with zero attached hydrogens (tertiary/aromatic N) is 2. The van der Waals surface area contributed by atoms with E-state index in [4.69, 9.17) is 0 Å². The number of anilines is 1. The van der Waals surface area contributed by atoms with Crippen LogP contribution < -0.4 is 5.32 Å². The van der Waals surface area contributed by atoms with Gasteiger partial charge in [-0.15, -0.1) is 10.2 Å². The van der Waals surface area contributed by atoms with Gasteiger partial charge in [-0.3, -0.25) is 0 Å². The van der Waals surface area contributed by atoms with Crippen LogP contribution in [0.25, 0.3) is 10.6 Å². The van der Waals surface area contributed by atoms with E-state index in [1.165, 1.54) is 0 Å². The van der Waals surface area contributed by atoms with E-state index in [0.29, 0.717) is 12.0 Å². The summed E-state index contributed by atoms with van der Waals surface area (Å²) in [6.45, 7) is 6.54. The smallest absolute Gasteiger partial charge is 0.206 e. The molecular weight excluding hydrogens is 230 g/mol. The zero-order valence-corrected chi connectivity index (χ0v) is 11.2. The van der Waals surface area contributed by atoms with Crippen LogP contribution in [0.4, 0.5) is 5.13 Å². The van der Waals surface area contributed by atoms with Crippen molar-refractivity contribution >= 4 is 16.5 Å². The van der Waals surface area contributed by atoms with Crippen LogP contribution in [0.5, 0.6) is 0 Å². The molecule has 0 aliphatic rings. The monoisotopic (exact) mass is 247 g/mol. The molecule has 1 aromatic carbocycles. The Kier molecular flexibility index (Phi) is 3.74. The average Bonchev–Trinajstić information content (AvgIpc) is 2.78. The second kappa shape index (κ2) is 5.27. The fraction of sp³-hybridized carbons (Fsp3) is 0.385. The average molecular weight is 247 g/mol. The first-order valence-electron chi connectivity index (χ1n) is 5.82. The van der Waals surface area contributed by atoms with Crippen molar-refractivity contribution in [2.24, 2.45) is 5.92 Å². The molecule has 2 rings (SSSR count). The third-order valence-electron chi connectivity index (χ3n) is 2.80.